The van der Waals surface area contributed by atoms with Crippen LogP contribution in [0.25, 0.3) is 0 Å². The summed E-state index contributed by atoms with van der Waals surface area (Å²) < 4.78 is 42.7. The predicted octanol–water partition coefficient (Wildman–Crippen LogP) is -1.30. The van der Waals surface area contributed by atoms with Crippen molar-refractivity contribution in [3.05, 3.63) is 65.5 Å². The van der Waals surface area contributed by atoms with Crippen LogP contribution in [0, 0.1) is 15.7 Å². The van der Waals surface area contributed by atoms with E-state index in [0.717, 1.165) is 6.61 Å². The van der Waals surface area contributed by atoms with E-state index >= 15 is 0 Å². The summed E-state index contributed by atoms with van der Waals surface area (Å²) in [5.41, 5.74) is 4.39. The van der Waals surface area contributed by atoms with E-state index in [1.807, 2.05) is 0 Å². The Labute approximate surface area is 155 Å². The Balaban J connectivity index is 0.000000349. The maximum atomic E-state index is 8.49. The first kappa shape index (κ1) is 19.2. The van der Waals surface area contributed by atoms with Gasteiger partial charge in [-0.2, -0.15) is 4.57 Å². The second-order valence-electron chi connectivity index (χ2n) is 7.12. The SMILES string of the molecule is CCO[C@@H]1[C@H]2c3ccccc3[C@H]([n+]3ccccc32)C1(C)C.[O-][Cl+3]([O-])([O-])[O-]. The molecule has 0 saturated carbocycles. The van der Waals surface area contributed by atoms with Gasteiger partial charge >= 0.3 is 0 Å². The fraction of sp³-hybridized carbons (Fsp3) is 0.421. The predicted molar refractivity (Wildman–Crippen MR) is 82.3 cm³/mol. The average Bonchev–Trinajstić information content (AvgIpc) is 2.55. The molecule has 5 rings (SSSR count). The summed E-state index contributed by atoms with van der Waals surface area (Å²) in [6.07, 6.45) is 2.47. The molecule has 3 aliphatic rings. The van der Waals surface area contributed by atoms with Crippen LogP contribution < -0.4 is 23.2 Å². The Morgan fingerprint density at radius 2 is 1.58 bits per heavy atom. The maximum Gasteiger partial charge on any atom is 0.192 e. The Hall–Kier alpha value is -1.54. The highest BCUT2D eigenvalue weighted by Gasteiger charge is 2.60. The van der Waals surface area contributed by atoms with Gasteiger partial charge in [-0.25, -0.2) is 18.6 Å². The standard InChI is InChI=1S/C19H22NO.ClHO4/c1-4-21-18-16-13-9-5-6-10-14(13)17(19(18,2)3)20-12-8-7-11-15(16)20;2-1(3,4)5/h5-12,16-18H,4H2,1-3H3;(H,2,3,4,5)/q+1;/p-1/t16-,17-,18+;/m0./s1. The maximum absolute atomic E-state index is 8.49. The number of pyridine rings is 1. The van der Waals surface area contributed by atoms with Crippen LogP contribution in [0.4, 0.5) is 0 Å². The number of hydrogen-bond acceptors (Lipinski definition) is 5. The highest BCUT2D eigenvalue weighted by molar-refractivity contribution is 5.44. The van der Waals surface area contributed by atoms with Crippen LogP contribution in [-0.4, -0.2) is 12.7 Å². The van der Waals surface area contributed by atoms with Crippen molar-refractivity contribution in [2.24, 2.45) is 5.41 Å². The average molecular weight is 380 g/mol. The molecular formula is C19H22ClNO5. The summed E-state index contributed by atoms with van der Waals surface area (Å²) in [7, 11) is -4.94. The number of aromatic nitrogens is 1. The number of halogens is 1. The first-order valence-electron chi connectivity index (χ1n) is 8.48. The van der Waals surface area contributed by atoms with Crippen molar-refractivity contribution >= 4 is 0 Å². The normalized spacial score (nSPS) is 25.0. The molecular weight excluding hydrogens is 358 g/mol. The van der Waals surface area contributed by atoms with Crippen LogP contribution in [-0.2, 0) is 4.74 Å². The molecule has 1 aromatic carbocycles. The lowest BCUT2D eigenvalue weighted by Gasteiger charge is -2.50. The van der Waals surface area contributed by atoms with Crippen molar-refractivity contribution in [1.82, 2.24) is 0 Å². The molecule has 0 amide bonds. The summed E-state index contributed by atoms with van der Waals surface area (Å²) in [5.74, 6) is 0.336. The van der Waals surface area contributed by atoms with Crippen LogP contribution in [0.3, 0.4) is 0 Å². The summed E-state index contributed by atoms with van der Waals surface area (Å²) >= 11 is 0. The first-order chi connectivity index (χ1) is 12.2. The lowest BCUT2D eigenvalue weighted by molar-refractivity contribution is -2.00. The van der Waals surface area contributed by atoms with Gasteiger partial charge in [-0.1, -0.05) is 44.2 Å². The van der Waals surface area contributed by atoms with Gasteiger partial charge in [-0.15, -0.1) is 10.2 Å². The van der Waals surface area contributed by atoms with Crippen LogP contribution in [0.2, 0.25) is 0 Å². The highest BCUT2D eigenvalue weighted by atomic mass is 35.7. The van der Waals surface area contributed by atoms with Crippen molar-refractivity contribution in [3.8, 4) is 0 Å². The third-order valence-electron chi connectivity index (χ3n) is 5.23. The second-order valence-corrected chi connectivity index (χ2v) is 7.87. The van der Waals surface area contributed by atoms with Gasteiger partial charge in [-0.3, -0.25) is 0 Å². The molecule has 3 atom stereocenters. The van der Waals surface area contributed by atoms with Gasteiger partial charge in [0.1, 0.15) is 0 Å². The smallest absolute Gasteiger partial charge is 0.192 e. The van der Waals surface area contributed by atoms with Gasteiger partial charge in [0.25, 0.3) is 0 Å². The van der Waals surface area contributed by atoms with Crippen LogP contribution in [0.1, 0.15) is 49.6 Å². The summed E-state index contributed by atoms with van der Waals surface area (Å²) in [6, 6.07) is 15.8. The fourth-order valence-electron chi connectivity index (χ4n) is 4.47. The van der Waals surface area contributed by atoms with Crippen molar-refractivity contribution < 1.29 is 38.2 Å². The Morgan fingerprint density at radius 3 is 2.19 bits per heavy atom. The minimum absolute atomic E-state index is 0.0913. The lowest BCUT2D eigenvalue weighted by atomic mass is 9.59. The zero-order valence-electron chi connectivity index (χ0n) is 14.9. The van der Waals surface area contributed by atoms with E-state index in [2.05, 4.69) is 74.0 Å². The van der Waals surface area contributed by atoms with Crippen LogP contribution in [0.5, 0.6) is 0 Å². The molecule has 0 spiro atoms. The second kappa shape index (κ2) is 6.88. The van der Waals surface area contributed by atoms with Gasteiger partial charge in [0.05, 0.1) is 17.4 Å². The molecule has 0 N–H and O–H groups in total. The first-order valence-corrected chi connectivity index (χ1v) is 9.72. The van der Waals surface area contributed by atoms with Crippen LogP contribution in [0.15, 0.2) is 48.7 Å². The number of ether oxygens (including phenoxy) is 1. The number of hydrogen-bond donors (Lipinski definition) is 0. The largest absolute Gasteiger partial charge is 0.376 e. The van der Waals surface area contributed by atoms with E-state index in [1.54, 1.807) is 0 Å². The summed E-state index contributed by atoms with van der Waals surface area (Å²) in [5, 5.41) is 0. The minimum Gasteiger partial charge on any atom is -0.376 e. The molecule has 140 valence electrons. The van der Waals surface area contributed by atoms with Crippen molar-refractivity contribution in [3.63, 3.8) is 0 Å². The van der Waals surface area contributed by atoms with Crippen molar-refractivity contribution in [2.75, 3.05) is 6.61 Å². The zero-order valence-corrected chi connectivity index (χ0v) is 15.7. The number of benzene rings is 1. The van der Waals surface area contributed by atoms with E-state index in [9.17, 15) is 0 Å². The quantitative estimate of drug-likeness (QED) is 0.603. The molecule has 0 fully saturated rings. The van der Waals surface area contributed by atoms with Gasteiger partial charge < -0.3 is 4.74 Å². The molecule has 7 heteroatoms. The molecule has 0 radical (unpaired) electrons. The molecule has 2 aromatic rings. The van der Waals surface area contributed by atoms with E-state index in [1.165, 1.54) is 16.8 Å². The topological polar surface area (TPSA) is 105 Å². The van der Waals surface area contributed by atoms with E-state index in [4.69, 9.17) is 23.4 Å². The minimum atomic E-state index is -4.94. The Kier molecular flexibility index (Phi) is 5.09. The molecule has 26 heavy (non-hydrogen) atoms. The summed E-state index contributed by atoms with van der Waals surface area (Å²) in [6.45, 7) is 7.57. The van der Waals surface area contributed by atoms with E-state index in [-0.39, 0.29) is 11.5 Å². The van der Waals surface area contributed by atoms with Crippen molar-refractivity contribution in [1.29, 1.82) is 0 Å². The van der Waals surface area contributed by atoms with Gasteiger partial charge in [0.2, 0.25) is 0 Å². The monoisotopic (exact) mass is 379 g/mol. The fourth-order valence-corrected chi connectivity index (χ4v) is 4.47. The van der Waals surface area contributed by atoms with Gasteiger partial charge in [-0.05, 0) is 12.5 Å². The molecule has 2 aliphatic heterocycles. The third-order valence-corrected chi connectivity index (χ3v) is 5.23. The van der Waals surface area contributed by atoms with E-state index < -0.39 is 10.2 Å². The molecule has 0 unspecified atom stereocenters. The van der Waals surface area contributed by atoms with Gasteiger partial charge in [0, 0.05) is 24.3 Å². The van der Waals surface area contributed by atoms with Crippen LogP contribution >= 0.6 is 0 Å². The number of nitrogens with zero attached hydrogens (tertiary/aromatic N) is 1. The molecule has 6 nitrogen and oxygen atoms in total. The Morgan fingerprint density at radius 1 is 1.00 bits per heavy atom. The molecule has 2 bridgehead atoms. The molecule has 0 saturated heterocycles. The van der Waals surface area contributed by atoms with Gasteiger partial charge in [0.15, 0.2) is 17.9 Å². The van der Waals surface area contributed by atoms with E-state index in [0.29, 0.717) is 12.0 Å². The van der Waals surface area contributed by atoms with Crippen molar-refractivity contribution in [2.45, 2.75) is 38.8 Å². The number of fused-ring (bicyclic) bond motifs is 1. The Bertz CT molecular complexity index is 736. The highest BCUT2D eigenvalue weighted by Crippen LogP contribution is 2.55. The molecule has 1 aromatic heterocycles. The zero-order chi connectivity index (χ0) is 19.1. The third kappa shape index (κ3) is 3.36. The molecule has 1 aliphatic carbocycles. The summed E-state index contributed by atoms with van der Waals surface area (Å²) in [4.78, 5) is 0. The number of rotatable bonds is 2. The molecule has 3 heterocycles. The lowest BCUT2D eigenvalue weighted by Crippen LogP contribution is -2.68.